The Morgan fingerprint density at radius 1 is 1.26 bits per heavy atom. The molecule has 1 aromatic heterocycles. The van der Waals surface area contributed by atoms with Crippen molar-refractivity contribution >= 4 is 6.03 Å². The van der Waals surface area contributed by atoms with Crippen molar-refractivity contribution < 1.29 is 18.0 Å². The number of alkyl halides is 3. The lowest BCUT2D eigenvalue weighted by Gasteiger charge is -2.19. The lowest BCUT2D eigenvalue weighted by Crippen LogP contribution is -2.37. The van der Waals surface area contributed by atoms with Gasteiger partial charge in [0.2, 0.25) is 0 Å². The maximum Gasteiger partial charge on any atom is 0.416 e. The molecular weight excluding hydrogens is 309 g/mol. The van der Waals surface area contributed by atoms with Gasteiger partial charge in [-0.2, -0.15) is 13.2 Å². The molecule has 2 amide bonds. The first-order chi connectivity index (χ1) is 10.9. The lowest BCUT2D eigenvalue weighted by atomic mass is 10.0. The van der Waals surface area contributed by atoms with Crippen molar-refractivity contribution in [3.63, 3.8) is 0 Å². The summed E-state index contributed by atoms with van der Waals surface area (Å²) in [5.41, 5.74) is -0.206. The van der Waals surface area contributed by atoms with E-state index in [4.69, 9.17) is 0 Å². The smallest absolute Gasteiger partial charge is 0.332 e. The molecule has 2 rings (SSSR count). The van der Waals surface area contributed by atoms with Crippen molar-refractivity contribution in [3.8, 4) is 0 Å². The van der Waals surface area contributed by atoms with E-state index < -0.39 is 23.8 Å². The molecule has 1 aromatic carbocycles. The first-order valence-electron chi connectivity index (χ1n) is 6.83. The van der Waals surface area contributed by atoms with E-state index in [1.54, 1.807) is 0 Å². The Labute approximate surface area is 131 Å². The van der Waals surface area contributed by atoms with Gasteiger partial charge in [0.05, 0.1) is 30.0 Å². The summed E-state index contributed by atoms with van der Waals surface area (Å²) in [6, 6.07) is 3.77. The average molecular weight is 324 g/mol. The highest BCUT2D eigenvalue weighted by Crippen LogP contribution is 2.34. The van der Waals surface area contributed by atoms with Gasteiger partial charge in [0.25, 0.3) is 0 Å². The second kappa shape index (κ2) is 7.08. The standard InChI is InChI=1S/C15H15F3N4O/c1-10(12-4-2-3-5-13(12)15(16,17)18)22-14(23)21-9-11-8-19-6-7-20-11/h2-8,10H,9H2,1H3,(H2,21,22,23). The van der Waals surface area contributed by atoms with Gasteiger partial charge < -0.3 is 10.6 Å². The molecule has 2 aromatic rings. The molecule has 2 N–H and O–H groups in total. The van der Waals surface area contributed by atoms with Gasteiger partial charge in [-0.3, -0.25) is 9.97 Å². The molecule has 23 heavy (non-hydrogen) atoms. The largest absolute Gasteiger partial charge is 0.416 e. The number of carbonyl (C=O) groups is 1. The van der Waals surface area contributed by atoms with Crippen LogP contribution in [0.25, 0.3) is 0 Å². The van der Waals surface area contributed by atoms with E-state index in [0.29, 0.717) is 5.69 Å². The van der Waals surface area contributed by atoms with E-state index in [9.17, 15) is 18.0 Å². The van der Waals surface area contributed by atoms with Gasteiger partial charge in [-0.25, -0.2) is 4.79 Å². The molecule has 0 aliphatic heterocycles. The van der Waals surface area contributed by atoms with Gasteiger partial charge >= 0.3 is 12.2 Å². The second-order valence-electron chi connectivity index (χ2n) is 4.83. The zero-order valence-corrected chi connectivity index (χ0v) is 12.3. The Morgan fingerprint density at radius 2 is 2.00 bits per heavy atom. The van der Waals surface area contributed by atoms with E-state index >= 15 is 0 Å². The van der Waals surface area contributed by atoms with Crippen molar-refractivity contribution in [2.75, 3.05) is 0 Å². The van der Waals surface area contributed by atoms with Gasteiger partial charge in [0, 0.05) is 12.4 Å². The highest BCUT2D eigenvalue weighted by molar-refractivity contribution is 5.74. The van der Waals surface area contributed by atoms with Crippen LogP contribution in [0.5, 0.6) is 0 Å². The quantitative estimate of drug-likeness (QED) is 0.908. The number of urea groups is 1. The van der Waals surface area contributed by atoms with Gasteiger partial charge in [-0.15, -0.1) is 0 Å². The van der Waals surface area contributed by atoms with Crippen LogP contribution in [0.4, 0.5) is 18.0 Å². The van der Waals surface area contributed by atoms with E-state index in [2.05, 4.69) is 20.6 Å². The Morgan fingerprint density at radius 3 is 2.65 bits per heavy atom. The van der Waals surface area contributed by atoms with Gasteiger partial charge in [-0.1, -0.05) is 18.2 Å². The highest BCUT2D eigenvalue weighted by atomic mass is 19.4. The van der Waals surface area contributed by atoms with Crippen LogP contribution in [0.1, 0.15) is 29.8 Å². The molecular formula is C15H15F3N4O. The third kappa shape index (κ3) is 4.67. The summed E-state index contributed by atoms with van der Waals surface area (Å²) in [5, 5.41) is 5.00. The van der Waals surface area contributed by atoms with E-state index in [-0.39, 0.29) is 12.1 Å². The monoisotopic (exact) mass is 324 g/mol. The van der Waals surface area contributed by atoms with Gasteiger partial charge in [0.1, 0.15) is 0 Å². The molecule has 0 saturated carbocycles. The zero-order chi connectivity index (χ0) is 16.9. The van der Waals surface area contributed by atoms with E-state index in [1.165, 1.54) is 43.7 Å². The Balaban J connectivity index is 1.99. The fourth-order valence-electron chi connectivity index (χ4n) is 2.05. The van der Waals surface area contributed by atoms with Crippen LogP contribution in [0.15, 0.2) is 42.9 Å². The third-order valence-electron chi connectivity index (χ3n) is 3.13. The predicted octanol–water partition coefficient (Wildman–Crippen LogP) is 3.06. The molecule has 0 saturated heterocycles. The van der Waals surface area contributed by atoms with Crippen molar-refractivity contribution in [2.45, 2.75) is 25.7 Å². The Kier molecular flexibility index (Phi) is 5.15. The summed E-state index contributed by atoms with van der Waals surface area (Å²) in [6.07, 6.45) is 0.00212. The van der Waals surface area contributed by atoms with Crippen LogP contribution < -0.4 is 10.6 Å². The minimum Gasteiger partial charge on any atom is -0.332 e. The average Bonchev–Trinajstić information content (AvgIpc) is 2.53. The lowest BCUT2D eigenvalue weighted by molar-refractivity contribution is -0.138. The SMILES string of the molecule is CC(NC(=O)NCc1cnccn1)c1ccccc1C(F)(F)F. The van der Waals surface area contributed by atoms with Crippen LogP contribution in [0, 0.1) is 0 Å². The molecule has 0 spiro atoms. The summed E-state index contributed by atoms with van der Waals surface area (Å²) in [5.74, 6) is 0. The maximum atomic E-state index is 13.0. The molecule has 0 radical (unpaired) electrons. The number of aromatic nitrogens is 2. The number of benzene rings is 1. The second-order valence-corrected chi connectivity index (χ2v) is 4.83. The number of halogens is 3. The maximum absolute atomic E-state index is 13.0. The minimum absolute atomic E-state index is 0.00894. The first kappa shape index (κ1) is 16.7. The van der Waals surface area contributed by atoms with E-state index in [0.717, 1.165) is 6.07 Å². The fourth-order valence-corrected chi connectivity index (χ4v) is 2.05. The Bertz CT molecular complexity index is 661. The molecule has 8 heteroatoms. The molecule has 0 aliphatic carbocycles. The fraction of sp³-hybridized carbons (Fsp3) is 0.267. The Hall–Kier alpha value is -2.64. The molecule has 5 nitrogen and oxygen atoms in total. The van der Waals surface area contributed by atoms with Crippen molar-refractivity contribution in [1.29, 1.82) is 0 Å². The van der Waals surface area contributed by atoms with Gasteiger partial charge in [-0.05, 0) is 18.6 Å². The topological polar surface area (TPSA) is 66.9 Å². The molecule has 0 bridgehead atoms. The molecule has 122 valence electrons. The van der Waals surface area contributed by atoms with Crippen molar-refractivity contribution in [1.82, 2.24) is 20.6 Å². The molecule has 1 heterocycles. The minimum atomic E-state index is -4.47. The first-order valence-corrected chi connectivity index (χ1v) is 6.83. The summed E-state index contributed by atoms with van der Waals surface area (Å²) in [6.45, 7) is 1.62. The number of hydrogen-bond donors (Lipinski definition) is 2. The summed E-state index contributed by atoms with van der Waals surface area (Å²) < 4.78 is 38.9. The van der Waals surface area contributed by atoms with Crippen LogP contribution in [-0.2, 0) is 12.7 Å². The predicted molar refractivity (Wildman–Crippen MR) is 77.3 cm³/mol. The molecule has 1 atom stereocenters. The number of hydrogen-bond acceptors (Lipinski definition) is 3. The van der Waals surface area contributed by atoms with Gasteiger partial charge in [0.15, 0.2) is 0 Å². The molecule has 0 aliphatic rings. The normalized spacial score (nSPS) is 12.5. The number of amides is 2. The highest BCUT2D eigenvalue weighted by Gasteiger charge is 2.34. The number of nitrogens with zero attached hydrogens (tertiary/aromatic N) is 2. The zero-order valence-electron chi connectivity index (χ0n) is 12.3. The van der Waals surface area contributed by atoms with E-state index in [1.807, 2.05) is 0 Å². The van der Waals surface area contributed by atoms with Crippen LogP contribution in [0.3, 0.4) is 0 Å². The number of nitrogens with one attached hydrogen (secondary N) is 2. The van der Waals surface area contributed by atoms with Crippen LogP contribution >= 0.6 is 0 Å². The van der Waals surface area contributed by atoms with Crippen molar-refractivity contribution in [3.05, 3.63) is 59.7 Å². The van der Waals surface area contributed by atoms with Crippen LogP contribution in [-0.4, -0.2) is 16.0 Å². The summed E-state index contributed by atoms with van der Waals surface area (Å²) >= 11 is 0. The summed E-state index contributed by atoms with van der Waals surface area (Å²) in [7, 11) is 0. The number of rotatable bonds is 4. The number of carbonyl (C=O) groups excluding carboxylic acids is 1. The molecule has 1 unspecified atom stereocenters. The van der Waals surface area contributed by atoms with Crippen molar-refractivity contribution in [2.24, 2.45) is 0 Å². The molecule has 0 fully saturated rings. The third-order valence-corrected chi connectivity index (χ3v) is 3.13. The van der Waals surface area contributed by atoms with Crippen LogP contribution in [0.2, 0.25) is 0 Å². The summed E-state index contributed by atoms with van der Waals surface area (Å²) in [4.78, 5) is 19.6.